The van der Waals surface area contributed by atoms with Gasteiger partial charge in [-0.1, -0.05) is 25.7 Å². The molecule has 0 bridgehead atoms. The average Bonchev–Trinajstić information content (AvgIpc) is 2.31. The summed E-state index contributed by atoms with van der Waals surface area (Å²) in [5, 5.41) is 3.19. The minimum atomic E-state index is -0.0102. The molecule has 1 saturated carbocycles. The van der Waals surface area contributed by atoms with Crippen molar-refractivity contribution in [1.82, 2.24) is 5.32 Å². The highest BCUT2D eigenvalue weighted by Crippen LogP contribution is 2.23. The van der Waals surface area contributed by atoms with Crippen LogP contribution >= 0.6 is 0 Å². The molecule has 0 heterocycles. The number of nitrogens with one attached hydrogen (secondary N) is 1. The second-order valence-electron chi connectivity index (χ2n) is 5.02. The maximum Gasteiger partial charge on any atom is 0.0753 e. The fourth-order valence-electron chi connectivity index (χ4n) is 2.28. The van der Waals surface area contributed by atoms with Gasteiger partial charge in [-0.05, 0) is 33.7 Å². The Morgan fingerprint density at radius 3 is 2.21 bits per heavy atom. The lowest BCUT2D eigenvalue weighted by molar-refractivity contribution is -0.0741. The Balaban J connectivity index is 2.33. The predicted octanol–water partition coefficient (Wildman–Crippen LogP) is 2.72. The third-order valence-electron chi connectivity index (χ3n) is 2.89. The Bertz CT molecular complexity index is 148. The van der Waals surface area contributed by atoms with E-state index >= 15 is 0 Å². The van der Waals surface area contributed by atoms with E-state index in [0.29, 0.717) is 6.10 Å². The van der Waals surface area contributed by atoms with Crippen molar-refractivity contribution in [3.05, 3.63) is 0 Å². The highest BCUT2D eigenvalue weighted by atomic mass is 16.5. The van der Waals surface area contributed by atoms with E-state index in [-0.39, 0.29) is 5.60 Å². The van der Waals surface area contributed by atoms with Gasteiger partial charge in [0, 0.05) is 6.54 Å². The van der Waals surface area contributed by atoms with Crippen molar-refractivity contribution in [2.24, 2.45) is 0 Å². The molecule has 0 aromatic carbocycles. The summed E-state index contributed by atoms with van der Waals surface area (Å²) < 4.78 is 6.14. The molecule has 1 aliphatic carbocycles. The second-order valence-corrected chi connectivity index (χ2v) is 5.02. The predicted molar refractivity (Wildman–Crippen MR) is 60.6 cm³/mol. The van der Waals surface area contributed by atoms with Gasteiger partial charge < -0.3 is 10.1 Å². The standard InChI is InChI=1S/C12H25NO/c1-12(2,10-13-3)14-11-8-6-4-5-7-9-11/h11,13H,4-10H2,1-3H3. The largest absolute Gasteiger partial charge is 0.371 e. The van der Waals surface area contributed by atoms with Gasteiger partial charge >= 0.3 is 0 Å². The van der Waals surface area contributed by atoms with Gasteiger partial charge in [-0.3, -0.25) is 0 Å². The van der Waals surface area contributed by atoms with Gasteiger partial charge in [-0.2, -0.15) is 0 Å². The number of rotatable bonds is 4. The molecule has 1 aliphatic rings. The average molecular weight is 199 g/mol. The van der Waals surface area contributed by atoms with Crippen LogP contribution in [0, 0.1) is 0 Å². The van der Waals surface area contributed by atoms with Crippen molar-refractivity contribution in [2.75, 3.05) is 13.6 Å². The molecule has 0 atom stereocenters. The molecule has 1 N–H and O–H groups in total. The van der Waals surface area contributed by atoms with Gasteiger partial charge in [-0.15, -0.1) is 0 Å². The van der Waals surface area contributed by atoms with Crippen LogP contribution in [-0.4, -0.2) is 25.3 Å². The van der Waals surface area contributed by atoms with E-state index in [1.54, 1.807) is 0 Å². The molecule has 0 saturated heterocycles. The molecular weight excluding hydrogens is 174 g/mol. The Kier molecular flexibility index (Phi) is 4.90. The summed E-state index contributed by atoms with van der Waals surface area (Å²) in [5.41, 5.74) is -0.0102. The molecule has 0 aromatic heterocycles. The highest BCUT2D eigenvalue weighted by molar-refractivity contribution is 4.75. The summed E-state index contributed by atoms with van der Waals surface area (Å²) in [7, 11) is 1.98. The van der Waals surface area contributed by atoms with Gasteiger partial charge in [0.2, 0.25) is 0 Å². The second kappa shape index (κ2) is 5.72. The first-order chi connectivity index (χ1) is 6.64. The van der Waals surface area contributed by atoms with Crippen molar-refractivity contribution in [1.29, 1.82) is 0 Å². The Labute approximate surface area is 88.4 Å². The van der Waals surface area contributed by atoms with E-state index in [0.717, 1.165) is 6.54 Å². The fraction of sp³-hybridized carbons (Fsp3) is 1.00. The van der Waals surface area contributed by atoms with Crippen molar-refractivity contribution >= 4 is 0 Å². The third kappa shape index (κ3) is 4.43. The molecular formula is C12H25NO. The first kappa shape index (κ1) is 12.0. The molecule has 2 nitrogen and oxygen atoms in total. The fourth-order valence-corrected chi connectivity index (χ4v) is 2.28. The van der Waals surface area contributed by atoms with Crippen LogP contribution in [0.15, 0.2) is 0 Å². The third-order valence-corrected chi connectivity index (χ3v) is 2.89. The molecule has 1 rings (SSSR count). The van der Waals surface area contributed by atoms with Crippen LogP contribution in [-0.2, 0) is 4.74 Å². The summed E-state index contributed by atoms with van der Waals surface area (Å²) >= 11 is 0. The number of ether oxygens (including phenoxy) is 1. The quantitative estimate of drug-likeness (QED) is 0.703. The summed E-state index contributed by atoms with van der Waals surface area (Å²) in [6, 6.07) is 0. The van der Waals surface area contributed by atoms with Gasteiger partial charge in [0.25, 0.3) is 0 Å². The molecule has 0 radical (unpaired) electrons. The molecule has 2 heteroatoms. The Morgan fingerprint density at radius 2 is 1.71 bits per heavy atom. The Morgan fingerprint density at radius 1 is 1.14 bits per heavy atom. The number of likely N-dealkylation sites (N-methyl/N-ethyl adjacent to an activating group) is 1. The smallest absolute Gasteiger partial charge is 0.0753 e. The lowest BCUT2D eigenvalue weighted by Crippen LogP contribution is -2.39. The van der Waals surface area contributed by atoms with Crippen molar-refractivity contribution in [2.45, 2.75) is 64.1 Å². The van der Waals surface area contributed by atoms with Gasteiger partial charge in [0.05, 0.1) is 11.7 Å². The molecule has 14 heavy (non-hydrogen) atoms. The van der Waals surface area contributed by atoms with Gasteiger partial charge in [0.15, 0.2) is 0 Å². The SMILES string of the molecule is CNCC(C)(C)OC1CCCCCC1. The highest BCUT2D eigenvalue weighted by Gasteiger charge is 2.23. The van der Waals surface area contributed by atoms with Crippen LogP contribution < -0.4 is 5.32 Å². The Hall–Kier alpha value is -0.0800. The zero-order chi connectivity index (χ0) is 10.4. The van der Waals surface area contributed by atoms with E-state index in [4.69, 9.17) is 4.74 Å². The minimum absolute atomic E-state index is 0.0102. The first-order valence-electron chi connectivity index (χ1n) is 5.96. The molecule has 0 amide bonds. The summed E-state index contributed by atoms with van der Waals surface area (Å²) in [4.78, 5) is 0. The van der Waals surface area contributed by atoms with E-state index in [1.807, 2.05) is 7.05 Å². The number of hydrogen-bond acceptors (Lipinski definition) is 2. The topological polar surface area (TPSA) is 21.3 Å². The lowest BCUT2D eigenvalue weighted by atomic mass is 10.1. The van der Waals surface area contributed by atoms with Crippen LogP contribution in [0.5, 0.6) is 0 Å². The molecule has 1 fully saturated rings. The zero-order valence-corrected chi connectivity index (χ0v) is 9.94. The summed E-state index contributed by atoms with van der Waals surface area (Å²) in [6.45, 7) is 5.28. The molecule has 0 aliphatic heterocycles. The lowest BCUT2D eigenvalue weighted by Gasteiger charge is -2.30. The summed E-state index contributed by atoms with van der Waals surface area (Å²) in [5.74, 6) is 0. The minimum Gasteiger partial charge on any atom is -0.371 e. The van der Waals surface area contributed by atoms with Crippen LogP contribution in [0.3, 0.4) is 0 Å². The zero-order valence-electron chi connectivity index (χ0n) is 9.94. The number of hydrogen-bond donors (Lipinski definition) is 1. The van der Waals surface area contributed by atoms with E-state index < -0.39 is 0 Å². The van der Waals surface area contributed by atoms with Crippen molar-refractivity contribution < 1.29 is 4.74 Å². The molecule has 84 valence electrons. The van der Waals surface area contributed by atoms with Gasteiger partial charge in [0.1, 0.15) is 0 Å². The molecule has 0 aromatic rings. The van der Waals surface area contributed by atoms with Gasteiger partial charge in [-0.25, -0.2) is 0 Å². The normalized spacial score (nSPS) is 20.8. The maximum absolute atomic E-state index is 6.14. The van der Waals surface area contributed by atoms with E-state index in [9.17, 15) is 0 Å². The monoisotopic (exact) mass is 199 g/mol. The van der Waals surface area contributed by atoms with Crippen molar-refractivity contribution in [3.8, 4) is 0 Å². The van der Waals surface area contributed by atoms with E-state index in [2.05, 4.69) is 19.2 Å². The molecule has 0 unspecified atom stereocenters. The van der Waals surface area contributed by atoms with Crippen molar-refractivity contribution in [3.63, 3.8) is 0 Å². The maximum atomic E-state index is 6.14. The van der Waals surface area contributed by atoms with Crippen LogP contribution in [0.1, 0.15) is 52.4 Å². The van der Waals surface area contributed by atoms with Crippen LogP contribution in [0.25, 0.3) is 0 Å². The summed E-state index contributed by atoms with van der Waals surface area (Å²) in [6.07, 6.45) is 8.50. The molecule has 0 spiro atoms. The van der Waals surface area contributed by atoms with Crippen LogP contribution in [0.2, 0.25) is 0 Å². The van der Waals surface area contributed by atoms with E-state index in [1.165, 1.54) is 38.5 Å². The van der Waals surface area contributed by atoms with Crippen LogP contribution in [0.4, 0.5) is 0 Å². The first-order valence-corrected chi connectivity index (χ1v) is 5.96.